The summed E-state index contributed by atoms with van der Waals surface area (Å²) < 4.78 is -51.7. The molecule has 0 aliphatic heterocycles. The van der Waals surface area contributed by atoms with Crippen molar-refractivity contribution in [3.05, 3.63) is 0 Å². The molecule has 47 heavy (non-hydrogen) atoms. The first kappa shape index (κ1) is 54.0. The molecule has 0 aromatic heterocycles. The highest BCUT2D eigenvalue weighted by atomic mass is 35.6. The van der Waals surface area contributed by atoms with Crippen molar-refractivity contribution in [2.24, 2.45) is 0 Å². The fourth-order valence-electron chi connectivity index (χ4n) is 3.13. The quantitative estimate of drug-likeness (QED) is 0.212. The zero-order chi connectivity index (χ0) is 39.1. The van der Waals surface area contributed by atoms with E-state index in [4.69, 9.17) is 360 Å². The van der Waals surface area contributed by atoms with Crippen LogP contribution in [0, 0.1) is 0 Å². The van der Waals surface area contributed by atoms with Gasteiger partial charge in [0.25, 0.3) is 0 Å². The van der Waals surface area contributed by atoms with Crippen LogP contribution in [0.15, 0.2) is 0 Å². The van der Waals surface area contributed by atoms with E-state index >= 15 is 0 Å². The lowest BCUT2D eigenvalue weighted by Crippen LogP contribution is -2.77. The van der Waals surface area contributed by atoms with E-state index in [1.807, 2.05) is 0 Å². The Morgan fingerprint density at radius 2 is 0.255 bits per heavy atom. The molecule has 0 amide bonds. The van der Waals surface area contributed by atoms with Crippen molar-refractivity contribution in [2.45, 2.75) is 70.4 Å². The van der Waals surface area contributed by atoms with Crippen molar-refractivity contribution < 1.29 is 0 Å². The lowest BCUT2D eigenvalue weighted by Gasteiger charge is -2.60. The molecule has 0 unspecified atom stereocenters. The first-order chi connectivity index (χ1) is 19.7. The highest BCUT2D eigenvalue weighted by molar-refractivity contribution is 6.85. The Kier molecular flexibility index (Phi) is 17.7. The third-order valence-corrected chi connectivity index (χ3v) is 29.5. The minimum absolute atomic E-state index is 2.55. The summed E-state index contributed by atoms with van der Waals surface area (Å²) in [5, 5.41) is -2.55. The molecule has 0 aromatic carbocycles. The Hall–Kier alpha value is 8.99. The summed E-state index contributed by atoms with van der Waals surface area (Å²) in [5.41, 5.74) is 0. The molecule has 1 fully saturated rings. The van der Waals surface area contributed by atoms with Gasteiger partial charge in [-0.1, -0.05) is 348 Å². The lowest BCUT2D eigenvalue weighted by atomic mass is 9.94. The smallest absolute Gasteiger partial charge is 0.116 e. The predicted molar refractivity (Wildman–Crippen MR) is 226 cm³/mol. The largest absolute Gasteiger partial charge is 0.189 e. The summed E-state index contributed by atoms with van der Waals surface area (Å²) >= 11 is 202. The van der Waals surface area contributed by atoms with Crippen LogP contribution in [0.1, 0.15) is 0 Å². The molecule has 0 spiro atoms. The van der Waals surface area contributed by atoms with Crippen LogP contribution in [0.25, 0.3) is 0 Å². The van der Waals surface area contributed by atoms with Gasteiger partial charge in [-0.25, -0.2) is 0 Å². The second-order valence-corrected chi connectivity index (χ2v) is 29.5. The van der Waals surface area contributed by atoms with Gasteiger partial charge in [-0.3, -0.25) is 0 Å². The molecule has 0 aromatic rings. The second kappa shape index (κ2) is 15.4. The average Bonchev–Trinajstić information content (AvgIpc) is 2.85. The molecule has 31 heteroatoms. The standard InChI is InChI=1S/C16HCl31/c17-1-2(18,19)4(22,23)6(26,27)8(30,31)10(34,35)12(38,39)14(42,43)16(46,47)15(44,45)13(40,41)11(36,37)9(32,33)7(28,29)5(24,25)3(1,20)21/h1H. The van der Waals surface area contributed by atoms with Crippen molar-refractivity contribution in [2.75, 3.05) is 0 Å². The van der Waals surface area contributed by atoms with E-state index in [1.165, 1.54) is 0 Å². The summed E-state index contributed by atoms with van der Waals surface area (Å²) in [6.07, 6.45) is 0. The summed E-state index contributed by atoms with van der Waals surface area (Å²) in [5.74, 6) is 0. The zero-order valence-electron chi connectivity index (χ0n) is 19.8. The minimum atomic E-state index is -3.53. The molecule has 0 heterocycles. The average molecular weight is 1290 g/mol. The molecule has 0 saturated heterocycles. The van der Waals surface area contributed by atoms with E-state index in [2.05, 4.69) is 0 Å². The molecule has 0 atom stereocenters. The van der Waals surface area contributed by atoms with Crippen molar-refractivity contribution in [3.63, 3.8) is 0 Å². The lowest BCUT2D eigenvalue weighted by molar-refractivity contribution is 0.377. The zero-order valence-corrected chi connectivity index (χ0v) is 43.2. The SMILES string of the molecule is ClC1C(Cl)(Cl)C(Cl)(Cl)C(Cl)(Cl)C(Cl)(Cl)C(Cl)(Cl)C(Cl)(Cl)C(Cl)(Cl)C(Cl)(Cl)C(Cl)(Cl)C(Cl)(Cl)C(Cl)(Cl)C(Cl)(Cl)C(Cl)(Cl)C(Cl)(Cl)C1(Cl)Cl. The summed E-state index contributed by atoms with van der Waals surface area (Å²) in [6.45, 7) is 0. The Morgan fingerprint density at radius 1 is 0.170 bits per heavy atom. The molecule has 0 radical (unpaired) electrons. The van der Waals surface area contributed by atoms with Gasteiger partial charge in [0.1, 0.15) is 5.38 Å². The summed E-state index contributed by atoms with van der Waals surface area (Å²) in [4.78, 5) is 0. The number of alkyl halides is 31. The van der Waals surface area contributed by atoms with Gasteiger partial charge in [-0.05, 0) is 0 Å². The topological polar surface area (TPSA) is 0 Å². The maximum atomic E-state index is 6.51. The monoisotopic (exact) mass is 1280 g/mol. The third-order valence-electron chi connectivity index (χ3n) is 6.21. The van der Waals surface area contributed by atoms with Crippen LogP contribution in [-0.4, -0.2) is 70.4 Å². The van der Waals surface area contributed by atoms with Crippen LogP contribution >= 0.6 is 360 Å². The molecule has 0 nitrogen and oxygen atoms in total. The Morgan fingerprint density at radius 3 is 0.362 bits per heavy atom. The maximum absolute atomic E-state index is 6.51. The van der Waals surface area contributed by atoms with E-state index in [1.54, 1.807) is 0 Å². The molecule has 282 valence electrons. The van der Waals surface area contributed by atoms with Crippen LogP contribution in [-0.2, 0) is 0 Å². The first-order valence-corrected chi connectivity index (χ1v) is 21.7. The Balaban J connectivity index is 4.75. The molecule has 1 aliphatic rings. The van der Waals surface area contributed by atoms with Crippen LogP contribution in [0.3, 0.4) is 0 Å². The Labute approximate surface area is 423 Å². The first-order valence-electron chi connectivity index (χ1n) is 9.97. The van der Waals surface area contributed by atoms with Crippen LogP contribution in [0.5, 0.6) is 0 Å². The van der Waals surface area contributed by atoms with Gasteiger partial charge in [0.05, 0.1) is 0 Å². The molecule has 1 saturated carbocycles. The van der Waals surface area contributed by atoms with Gasteiger partial charge in [0, 0.05) is 0 Å². The molecular formula is C16HCl31. The van der Waals surface area contributed by atoms with Crippen molar-refractivity contribution in [3.8, 4) is 0 Å². The van der Waals surface area contributed by atoms with E-state index in [0.29, 0.717) is 0 Å². The fourth-order valence-corrected chi connectivity index (χ4v) is 14.9. The number of rotatable bonds is 0. The van der Waals surface area contributed by atoms with Gasteiger partial charge in [-0.15, -0.1) is 11.6 Å². The van der Waals surface area contributed by atoms with Gasteiger partial charge in [-0.2, -0.15) is 0 Å². The van der Waals surface area contributed by atoms with E-state index in [-0.39, 0.29) is 0 Å². The van der Waals surface area contributed by atoms with Gasteiger partial charge < -0.3 is 0 Å². The summed E-state index contributed by atoms with van der Waals surface area (Å²) in [7, 11) is 0. The van der Waals surface area contributed by atoms with Gasteiger partial charge >= 0.3 is 0 Å². The van der Waals surface area contributed by atoms with Crippen LogP contribution < -0.4 is 0 Å². The van der Waals surface area contributed by atoms with Crippen molar-refractivity contribution in [1.29, 1.82) is 0 Å². The highest BCUT2D eigenvalue weighted by Gasteiger charge is 2.88. The Bertz CT molecular complexity index is 1110. The van der Waals surface area contributed by atoms with Crippen LogP contribution in [0.4, 0.5) is 0 Å². The van der Waals surface area contributed by atoms with Crippen molar-refractivity contribution in [1.82, 2.24) is 0 Å². The van der Waals surface area contributed by atoms with Gasteiger partial charge in [0.15, 0.2) is 65.0 Å². The fraction of sp³-hybridized carbons (Fsp3) is 1.00. The highest BCUT2D eigenvalue weighted by Crippen LogP contribution is 2.79. The maximum Gasteiger partial charge on any atom is 0.189 e. The number of halogens is 31. The van der Waals surface area contributed by atoms with Crippen LogP contribution in [0.2, 0.25) is 0 Å². The molecule has 0 bridgehead atoms. The minimum Gasteiger partial charge on any atom is -0.116 e. The molecule has 1 aliphatic carbocycles. The summed E-state index contributed by atoms with van der Waals surface area (Å²) in [6, 6.07) is 0. The van der Waals surface area contributed by atoms with E-state index in [0.717, 1.165) is 0 Å². The predicted octanol–water partition coefficient (Wildman–Crippen LogP) is 18.2. The van der Waals surface area contributed by atoms with Gasteiger partial charge in [0.2, 0.25) is 0 Å². The molecular weight excluding hydrogens is 1290 g/mol. The third kappa shape index (κ3) is 7.15. The molecule has 0 N–H and O–H groups in total. The van der Waals surface area contributed by atoms with Crippen molar-refractivity contribution >= 4 is 360 Å². The van der Waals surface area contributed by atoms with E-state index in [9.17, 15) is 0 Å². The number of hydrogen-bond donors (Lipinski definition) is 0. The number of hydrogen-bond acceptors (Lipinski definition) is 0. The normalized spacial score (nSPS) is 33.8. The second-order valence-electron chi connectivity index (χ2n) is 9.08. The van der Waals surface area contributed by atoms with E-state index < -0.39 is 70.4 Å². The molecule has 1 rings (SSSR count).